The van der Waals surface area contributed by atoms with Crippen LogP contribution in [0.4, 0.5) is 5.82 Å². The highest BCUT2D eigenvalue weighted by Crippen LogP contribution is 2.40. The molecule has 0 bridgehead atoms. The molecule has 1 aliphatic carbocycles. The van der Waals surface area contributed by atoms with Gasteiger partial charge in [0.05, 0.1) is 28.3 Å². The third-order valence-electron chi connectivity index (χ3n) is 6.03. The Hall–Kier alpha value is -3.80. The van der Waals surface area contributed by atoms with Crippen molar-refractivity contribution in [3.63, 3.8) is 0 Å². The molecule has 2 N–H and O–H groups in total. The predicted molar refractivity (Wildman–Crippen MR) is 119 cm³/mol. The summed E-state index contributed by atoms with van der Waals surface area (Å²) in [5.41, 5.74) is 12.9. The van der Waals surface area contributed by atoms with E-state index in [9.17, 15) is 0 Å². The van der Waals surface area contributed by atoms with Crippen LogP contribution >= 0.6 is 0 Å². The lowest BCUT2D eigenvalue weighted by molar-refractivity contribution is 0.320. The van der Waals surface area contributed by atoms with Crippen molar-refractivity contribution < 1.29 is 0 Å². The van der Waals surface area contributed by atoms with E-state index in [0.29, 0.717) is 11.9 Å². The molecule has 6 nitrogen and oxygen atoms in total. The third-order valence-corrected chi connectivity index (χ3v) is 6.03. The molecule has 0 radical (unpaired) electrons. The maximum absolute atomic E-state index is 6.29. The van der Waals surface area contributed by atoms with Crippen molar-refractivity contribution in [3.8, 4) is 22.4 Å². The summed E-state index contributed by atoms with van der Waals surface area (Å²) >= 11 is 0. The van der Waals surface area contributed by atoms with Crippen LogP contribution in [-0.2, 0) is 0 Å². The number of benzene rings is 2. The maximum atomic E-state index is 6.29. The van der Waals surface area contributed by atoms with Gasteiger partial charge in [-0.2, -0.15) is 0 Å². The Morgan fingerprint density at radius 2 is 1.77 bits per heavy atom. The molecule has 1 saturated carbocycles. The zero-order valence-corrected chi connectivity index (χ0v) is 16.4. The van der Waals surface area contributed by atoms with Crippen LogP contribution in [0.2, 0.25) is 0 Å². The number of hydrogen-bond acceptors (Lipinski definition) is 5. The van der Waals surface area contributed by atoms with E-state index in [0.717, 1.165) is 44.5 Å². The summed E-state index contributed by atoms with van der Waals surface area (Å²) in [5, 5.41) is 0.913. The molecule has 0 atom stereocenters. The van der Waals surface area contributed by atoms with Crippen LogP contribution < -0.4 is 5.73 Å². The van der Waals surface area contributed by atoms with Crippen molar-refractivity contribution in [2.45, 2.75) is 25.3 Å². The zero-order valence-electron chi connectivity index (χ0n) is 16.4. The van der Waals surface area contributed by atoms with Gasteiger partial charge in [-0.1, -0.05) is 36.4 Å². The molecule has 0 unspecified atom stereocenters. The van der Waals surface area contributed by atoms with Crippen LogP contribution in [0.1, 0.15) is 25.3 Å². The molecule has 6 heteroatoms. The second-order valence-corrected chi connectivity index (χ2v) is 7.82. The van der Waals surface area contributed by atoms with E-state index in [2.05, 4.69) is 37.8 Å². The lowest BCUT2D eigenvalue weighted by atomic mass is 9.93. The number of nitrogens with two attached hydrogens (primary N) is 1. The molecule has 0 saturated heterocycles. The van der Waals surface area contributed by atoms with E-state index in [1.807, 2.05) is 42.6 Å². The normalized spacial score (nSPS) is 14.3. The molecule has 30 heavy (non-hydrogen) atoms. The Kier molecular flexibility index (Phi) is 3.77. The number of anilines is 1. The molecule has 1 aliphatic rings. The van der Waals surface area contributed by atoms with E-state index >= 15 is 0 Å². The van der Waals surface area contributed by atoms with Crippen molar-refractivity contribution in [3.05, 3.63) is 67.3 Å². The quantitative estimate of drug-likeness (QED) is 0.466. The smallest absolute Gasteiger partial charge is 0.146 e. The highest BCUT2D eigenvalue weighted by Gasteiger charge is 2.24. The van der Waals surface area contributed by atoms with E-state index < -0.39 is 0 Å². The topological polar surface area (TPSA) is 82.5 Å². The van der Waals surface area contributed by atoms with Gasteiger partial charge < -0.3 is 10.3 Å². The Labute approximate surface area is 173 Å². The fraction of sp³-hybridized carbons (Fsp3) is 0.167. The van der Waals surface area contributed by atoms with Gasteiger partial charge in [-0.3, -0.25) is 4.98 Å². The summed E-state index contributed by atoms with van der Waals surface area (Å²) in [7, 11) is 0. The monoisotopic (exact) mass is 392 g/mol. The minimum absolute atomic E-state index is 0.487. The molecular weight excluding hydrogens is 372 g/mol. The summed E-state index contributed by atoms with van der Waals surface area (Å²) in [4.78, 5) is 18.3. The number of hydrogen-bond donors (Lipinski definition) is 1. The summed E-state index contributed by atoms with van der Waals surface area (Å²) in [5.74, 6) is 0.511. The van der Waals surface area contributed by atoms with Crippen LogP contribution in [0.15, 0.2) is 67.3 Å². The lowest BCUT2D eigenvalue weighted by Gasteiger charge is -2.27. The Balaban J connectivity index is 1.53. The Morgan fingerprint density at radius 1 is 0.900 bits per heavy atom. The number of aromatic nitrogens is 5. The number of nitrogens with zero attached hydrogens (tertiary/aromatic N) is 5. The fourth-order valence-corrected chi connectivity index (χ4v) is 4.20. The molecule has 0 spiro atoms. The van der Waals surface area contributed by atoms with Crippen molar-refractivity contribution in [1.29, 1.82) is 0 Å². The number of rotatable bonds is 3. The first-order valence-electron chi connectivity index (χ1n) is 10.2. The second kappa shape index (κ2) is 6.62. The van der Waals surface area contributed by atoms with Crippen LogP contribution in [0.5, 0.6) is 0 Å². The number of nitrogen functional groups attached to an aromatic ring is 1. The highest BCUT2D eigenvalue weighted by molar-refractivity contribution is 6.02. The molecule has 5 aromatic rings. The molecular formula is C24H20N6. The molecule has 146 valence electrons. The minimum Gasteiger partial charge on any atom is -0.383 e. The Morgan fingerprint density at radius 3 is 2.57 bits per heavy atom. The fourth-order valence-electron chi connectivity index (χ4n) is 4.20. The molecule has 6 rings (SSSR count). The van der Waals surface area contributed by atoms with Gasteiger partial charge in [-0.15, -0.1) is 0 Å². The zero-order chi connectivity index (χ0) is 20.1. The van der Waals surface area contributed by atoms with Gasteiger partial charge in [0, 0.05) is 23.4 Å². The van der Waals surface area contributed by atoms with Crippen LogP contribution in [0, 0.1) is 0 Å². The molecule has 3 heterocycles. The van der Waals surface area contributed by atoms with E-state index in [1.165, 1.54) is 19.3 Å². The standard InChI is InChI=1S/C24H20N6/c25-23-22-18(13-30(17-7-4-8-17)24(22)28-14-27-23)16-9-10-19-20(11-16)29-21(12-26-19)15-5-2-1-3-6-15/h1-3,5-6,9-14,17H,4,7-8H2,(H2,25,27,28). The SMILES string of the molecule is Nc1ncnc2c1c(-c1ccc3ncc(-c4ccccc4)nc3c1)cn2C1CCC1. The average molecular weight is 392 g/mol. The summed E-state index contributed by atoms with van der Waals surface area (Å²) in [6.45, 7) is 0. The van der Waals surface area contributed by atoms with Gasteiger partial charge in [-0.25, -0.2) is 15.0 Å². The van der Waals surface area contributed by atoms with Crippen molar-refractivity contribution in [1.82, 2.24) is 24.5 Å². The van der Waals surface area contributed by atoms with Gasteiger partial charge in [0.15, 0.2) is 0 Å². The molecule has 0 amide bonds. The first kappa shape index (κ1) is 17.1. The average Bonchev–Trinajstić information content (AvgIpc) is 3.13. The maximum Gasteiger partial charge on any atom is 0.146 e. The molecule has 0 aliphatic heterocycles. The van der Waals surface area contributed by atoms with Crippen molar-refractivity contribution in [2.24, 2.45) is 0 Å². The lowest BCUT2D eigenvalue weighted by Crippen LogP contribution is -2.16. The second-order valence-electron chi connectivity index (χ2n) is 7.82. The third kappa shape index (κ3) is 2.64. The highest BCUT2D eigenvalue weighted by atomic mass is 15.1. The van der Waals surface area contributed by atoms with Crippen LogP contribution in [0.25, 0.3) is 44.5 Å². The number of fused-ring (bicyclic) bond motifs is 2. The molecule has 1 fully saturated rings. The van der Waals surface area contributed by atoms with Gasteiger partial charge in [0.2, 0.25) is 0 Å². The van der Waals surface area contributed by atoms with E-state index in [4.69, 9.17) is 10.7 Å². The van der Waals surface area contributed by atoms with Gasteiger partial charge in [0.25, 0.3) is 0 Å². The first-order valence-corrected chi connectivity index (χ1v) is 10.2. The van der Waals surface area contributed by atoms with Crippen LogP contribution in [0.3, 0.4) is 0 Å². The Bertz CT molecular complexity index is 1390. The van der Waals surface area contributed by atoms with Gasteiger partial charge in [-0.05, 0) is 37.0 Å². The van der Waals surface area contributed by atoms with Crippen molar-refractivity contribution in [2.75, 3.05) is 5.73 Å². The summed E-state index contributed by atoms with van der Waals surface area (Å²) in [6.07, 6.45) is 9.16. The first-order chi connectivity index (χ1) is 14.8. The summed E-state index contributed by atoms with van der Waals surface area (Å²) < 4.78 is 2.27. The predicted octanol–water partition coefficient (Wildman–Crippen LogP) is 5.02. The van der Waals surface area contributed by atoms with E-state index in [-0.39, 0.29) is 0 Å². The van der Waals surface area contributed by atoms with Gasteiger partial charge >= 0.3 is 0 Å². The van der Waals surface area contributed by atoms with Crippen molar-refractivity contribution >= 4 is 27.9 Å². The largest absolute Gasteiger partial charge is 0.383 e. The van der Waals surface area contributed by atoms with Crippen LogP contribution in [-0.4, -0.2) is 24.5 Å². The minimum atomic E-state index is 0.487. The molecule has 2 aromatic carbocycles. The summed E-state index contributed by atoms with van der Waals surface area (Å²) in [6, 6.07) is 16.8. The van der Waals surface area contributed by atoms with E-state index in [1.54, 1.807) is 6.33 Å². The van der Waals surface area contributed by atoms with Gasteiger partial charge in [0.1, 0.15) is 17.8 Å². The molecule has 3 aromatic heterocycles.